The number of hydrogen-bond donors (Lipinski definition) is 3. The number of unbranched alkanes of at least 4 members (excludes halogenated alkanes) is 25. The third kappa shape index (κ3) is 39.0. The largest absolute Gasteiger partial charge is 0.472 e. The van der Waals surface area contributed by atoms with Crippen LogP contribution in [0.3, 0.4) is 0 Å². The Bertz CT molecular complexity index is 922. The number of nitrogens with one attached hydrogen (secondary N) is 1. The van der Waals surface area contributed by atoms with Crippen molar-refractivity contribution in [3.63, 3.8) is 0 Å². The van der Waals surface area contributed by atoms with Crippen LogP contribution in [0.4, 0.5) is 0 Å². The van der Waals surface area contributed by atoms with E-state index in [9.17, 15) is 19.4 Å². The van der Waals surface area contributed by atoms with E-state index in [0.717, 1.165) is 25.7 Å². The molecule has 0 aromatic carbocycles. The topological polar surface area (TPSA) is 105 Å². The van der Waals surface area contributed by atoms with Crippen LogP contribution in [-0.4, -0.2) is 73.4 Å². The number of likely N-dealkylation sites (N-methyl/N-ethyl adjacent to an activating group) is 1. The molecule has 0 radical (unpaired) electrons. The number of phosphoric acid groups is 1. The van der Waals surface area contributed by atoms with Crippen LogP contribution in [0.25, 0.3) is 0 Å². The first kappa shape index (κ1) is 52.0. The first-order valence-electron chi connectivity index (χ1n) is 22.2. The van der Waals surface area contributed by atoms with Gasteiger partial charge in [-0.05, 0) is 32.1 Å². The second kappa shape index (κ2) is 36.6. The van der Waals surface area contributed by atoms with Gasteiger partial charge in [-0.25, -0.2) is 4.57 Å². The molecule has 0 aromatic heterocycles. The van der Waals surface area contributed by atoms with Crippen molar-refractivity contribution in [3.05, 3.63) is 24.3 Å². The number of rotatable bonds is 40. The van der Waals surface area contributed by atoms with Gasteiger partial charge in [0.05, 0.1) is 39.9 Å². The minimum absolute atomic E-state index is 0.0582. The zero-order valence-electron chi connectivity index (χ0n) is 35.5. The fraction of sp³-hybridized carbons (Fsp3) is 0.886. The molecule has 8 nitrogen and oxygen atoms in total. The predicted octanol–water partition coefficient (Wildman–Crippen LogP) is 12.1. The summed E-state index contributed by atoms with van der Waals surface area (Å²) in [7, 11) is 1.56. The second-order valence-electron chi connectivity index (χ2n) is 16.4. The molecule has 1 unspecified atom stereocenters. The highest BCUT2D eigenvalue weighted by molar-refractivity contribution is 7.47. The van der Waals surface area contributed by atoms with E-state index in [-0.39, 0.29) is 25.5 Å². The van der Waals surface area contributed by atoms with E-state index >= 15 is 0 Å². The highest BCUT2D eigenvalue weighted by atomic mass is 31.2. The molecule has 0 saturated carbocycles. The molecular weight excluding hydrogens is 683 g/mol. The Hall–Kier alpha value is -1.02. The molecule has 3 atom stereocenters. The molecule has 9 heteroatoms. The normalized spacial score (nSPS) is 14.6. The summed E-state index contributed by atoms with van der Waals surface area (Å²) in [5.74, 6) is -0.251. The van der Waals surface area contributed by atoms with E-state index < -0.39 is 20.0 Å². The highest BCUT2D eigenvalue weighted by Gasteiger charge is 2.28. The molecule has 0 spiro atoms. The molecule has 0 fully saturated rings. The molecule has 53 heavy (non-hydrogen) atoms. The lowest BCUT2D eigenvalue weighted by Crippen LogP contribution is -2.46. The van der Waals surface area contributed by atoms with Crippen LogP contribution in [-0.2, 0) is 18.4 Å². The maximum Gasteiger partial charge on any atom is 0.472 e. The number of phosphoric ester groups is 1. The second-order valence-corrected chi connectivity index (χ2v) is 17.9. The summed E-state index contributed by atoms with van der Waals surface area (Å²) in [5, 5.41) is 13.8. The first-order valence-corrected chi connectivity index (χ1v) is 23.7. The molecule has 0 heterocycles. The number of hydrogen-bond acceptors (Lipinski definition) is 5. The summed E-state index contributed by atoms with van der Waals surface area (Å²) in [6, 6.07) is -0.837. The monoisotopic (exact) mass is 772 g/mol. The number of carbonyl (C=O) groups excluding carboxylic acids is 1. The molecule has 314 valence electrons. The van der Waals surface area contributed by atoms with E-state index in [1.165, 1.54) is 148 Å². The molecule has 0 aliphatic rings. The smallest absolute Gasteiger partial charge is 0.391 e. The maximum absolute atomic E-state index is 12.8. The Morgan fingerprint density at radius 3 is 1.43 bits per heavy atom. The molecule has 0 aliphatic carbocycles. The lowest BCUT2D eigenvalue weighted by atomic mass is 10.0. The minimum atomic E-state index is -4.34. The van der Waals surface area contributed by atoms with Gasteiger partial charge in [0.1, 0.15) is 13.2 Å². The Balaban J connectivity index is 4.43. The zero-order chi connectivity index (χ0) is 39.3. The van der Waals surface area contributed by atoms with Crippen molar-refractivity contribution in [2.45, 2.75) is 212 Å². The predicted molar refractivity (Wildman–Crippen MR) is 226 cm³/mol. The number of aliphatic hydroxyl groups is 1. The summed E-state index contributed by atoms with van der Waals surface area (Å²) in [6.45, 7) is 4.80. The van der Waals surface area contributed by atoms with E-state index in [2.05, 4.69) is 31.3 Å². The number of aliphatic hydroxyl groups excluding tert-OH is 1. The maximum atomic E-state index is 12.8. The van der Waals surface area contributed by atoms with Crippen molar-refractivity contribution in [3.8, 4) is 0 Å². The van der Waals surface area contributed by atoms with Crippen molar-refractivity contribution < 1.29 is 32.9 Å². The third-order valence-electron chi connectivity index (χ3n) is 9.96. The van der Waals surface area contributed by atoms with Crippen LogP contribution >= 0.6 is 7.82 Å². The van der Waals surface area contributed by atoms with Gasteiger partial charge in [0.2, 0.25) is 5.91 Å². The van der Waals surface area contributed by atoms with Gasteiger partial charge in [0.25, 0.3) is 0 Å². The van der Waals surface area contributed by atoms with E-state index in [4.69, 9.17) is 9.05 Å². The van der Waals surface area contributed by atoms with Gasteiger partial charge in [-0.15, -0.1) is 0 Å². The van der Waals surface area contributed by atoms with Gasteiger partial charge in [-0.3, -0.25) is 13.8 Å². The van der Waals surface area contributed by atoms with Crippen molar-refractivity contribution in [1.82, 2.24) is 5.32 Å². The van der Waals surface area contributed by atoms with Crippen LogP contribution in [0.2, 0.25) is 0 Å². The molecule has 0 aliphatic heterocycles. The van der Waals surface area contributed by atoms with Crippen molar-refractivity contribution in [2.75, 3.05) is 40.9 Å². The van der Waals surface area contributed by atoms with Crippen molar-refractivity contribution in [2.24, 2.45) is 0 Å². The van der Waals surface area contributed by atoms with Gasteiger partial charge < -0.3 is 19.8 Å². The lowest BCUT2D eigenvalue weighted by molar-refractivity contribution is -0.870. The standard InChI is InChI=1S/C44H87N2O6P/c1-6-8-10-12-14-16-18-20-21-22-23-24-26-28-30-32-34-36-38-44(48)45-42(41-52-53(49,50)51-40-39-46(3,4)5)43(47)37-35-33-31-29-27-25-19-17-15-13-11-9-7-2/h33-36,42-43,47H,6-32,37-41H2,1-5H3,(H-,45,48,49,50)/p+1/t42-,43+/m0/s1. The van der Waals surface area contributed by atoms with Crippen LogP contribution in [0, 0.1) is 0 Å². The number of nitrogens with zero attached hydrogens (tertiary/aromatic N) is 1. The zero-order valence-corrected chi connectivity index (χ0v) is 36.4. The average Bonchev–Trinajstić information content (AvgIpc) is 3.10. The minimum Gasteiger partial charge on any atom is -0.391 e. The summed E-state index contributed by atoms with van der Waals surface area (Å²) < 4.78 is 23.5. The molecule has 1 amide bonds. The third-order valence-corrected chi connectivity index (χ3v) is 10.9. The quantitative estimate of drug-likeness (QED) is 0.0248. The summed E-state index contributed by atoms with van der Waals surface area (Å²) in [4.78, 5) is 23.0. The van der Waals surface area contributed by atoms with Crippen LogP contribution in [0.1, 0.15) is 200 Å². The van der Waals surface area contributed by atoms with E-state index in [1.54, 1.807) is 0 Å². The average molecular weight is 772 g/mol. The number of amides is 1. The van der Waals surface area contributed by atoms with Gasteiger partial charge in [0, 0.05) is 6.42 Å². The fourth-order valence-corrected chi connectivity index (χ4v) is 7.10. The number of allylic oxidation sites excluding steroid dienone is 2. The molecule has 0 aromatic rings. The van der Waals surface area contributed by atoms with E-state index in [0.29, 0.717) is 17.4 Å². The Morgan fingerprint density at radius 2 is 1.02 bits per heavy atom. The van der Waals surface area contributed by atoms with E-state index in [1.807, 2.05) is 33.3 Å². The summed E-state index contributed by atoms with van der Waals surface area (Å²) >= 11 is 0. The molecule has 3 N–H and O–H groups in total. The number of carbonyl (C=O) groups is 1. The molecular formula is C44H88N2O6P+. The Kier molecular flexibility index (Phi) is 35.9. The van der Waals surface area contributed by atoms with Crippen molar-refractivity contribution in [1.29, 1.82) is 0 Å². The molecule has 0 bridgehead atoms. The Morgan fingerprint density at radius 1 is 0.623 bits per heavy atom. The fourth-order valence-electron chi connectivity index (χ4n) is 6.37. The number of quaternary nitrogens is 1. The SMILES string of the molecule is CCCCCCCCCCCCC=CC[C@@H](O)[C@H](COP(=O)(O)OCC[N+](C)(C)C)NC(=O)CC=CCCCCCCCCCCCCCCCCC. The van der Waals surface area contributed by atoms with Gasteiger partial charge in [-0.1, -0.05) is 186 Å². The van der Waals surface area contributed by atoms with Crippen LogP contribution in [0.5, 0.6) is 0 Å². The highest BCUT2D eigenvalue weighted by Crippen LogP contribution is 2.43. The van der Waals surface area contributed by atoms with Crippen LogP contribution in [0.15, 0.2) is 24.3 Å². The summed E-state index contributed by atoms with van der Waals surface area (Å²) in [6.07, 6.45) is 42.5. The van der Waals surface area contributed by atoms with Gasteiger partial charge in [-0.2, -0.15) is 0 Å². The molecule has 0 rings (SSSR count). The Labute approximate surface area is 328 Å². The lowest BCUT2D eigenvalue weighted by Gasteiger charge is -2.26. The van der Waals surface area contributed by atoms with Gasteiger partial charge >= 0.3 is 7.82 Å². The van der Waals surface area contributed by atoms with Gasteiger partial charge in [0.15, 0.2) is 0 Å². The molecule has 0 saturated heterocycles. The van der Waals surface area contributed by atoms with Crippen molar-refractivity contribution >= 4 is 13.7 Å². The summed E-state index contributed by atoms with van der Waals surface area (Å²) in [5.41, 5.74) is 0. The first-order chi connectivity index (χ1) is 25.5. The van der Waals surface area contributed by atoms with Crippen LogP contribution < -0.4 is 5.32 Å².